The molecule has 0 saturated heterocycles. The van der Waals surface area contributed by atoms with Crippen LogP contribution in [-0.4, -0.2) is 11.2 Å². The van der Waals surface area contributed by atoms with E-state index in [9.17, 15) is 5.11 Å². The van der Waals surface area contributed by atoms with Gasteiger partial charge >= 0.3 is 0 Å². The van der Waals surface area contributed by atoms with Crippen molar-refractivity contribution in [3.05, 3.63) is 36.4 Å². The molecule has 0 heterocycles. The molecule has 1 N–H and O–H groups in total. The Morgan fingerprint density at radius 1 is 1.29 bits per heavy atom. The third-order valence-corrected chi connectivity index (χ3v) is 2.61. The van der Waals surface area contributed by atoms with Crippen LogP contribution in [0.5, 0.6) is 11.5 Å². The molecule has 0 aliphatic heterocycles. The highest BCUT2D eigenvalue weighted by atomic mass is 16.5. The normalized spacial score (nSPS) is 12.0. The number of nitrogens with zero attached hydrogens (tertiary/aromatic N) is 1. The molecule has 1 unspecified atom stereocenters. The molecule has 17 heavy (non-hydrogen) atoms. The van der Waals surface area contributed by atoms with E-state index in [0.29, 0.717) is 12.2 Å². The first-order valence-electron chi connectivity index (χ1n) is 5.52. The van der Waals surface area contributed by atoms with Crippen LogP contribution in [-0.2, 0) is 0 Å². The summed E-state index contributed by atoms with van der Waals surface area (Å²) in [6.45, 7) is 1.87. The van der Waals surface area contributed by atoms with Crippen LogP contribution < -0.4 is 4.74 Å². The molecule has 0 amide bonds. The predicted molar refractivity (Wildman–Crippen MR) is 65.9 cm³/mol. The molecule has 3 nitrogen and oxygen atoms in total. The van der Waals surface area contributed by atoms with Crippen molar-refractivity contribution < 1.29 is 9.84 Å². The second kappa shape index (κ2) is 4.75. The smallest absolute Gasteiger partial charge is 0.184 e. The fourth-order valence-corrected chi connectivity index (χ4v) is 1.66. The van der Waals surface area contributed by atoms with Gasteiger partial charge in [0.15, 0.2) is 17.6 Å². The van der Waals surface area contributed by atoms with Gasteiger partial charge in [0.2, 0.25) is 0 Å². The Kier molecular flexibility index (Phi) is 3.15. The van der Waals surface area contributed by atoms with E-state index in [1.165, 1.54) is 0 Å². The number of phenolic OH excluding ortho intramolecular Hbond substituents is 1. The number of hydrogen-bond donors (Lipinski definition) is 1. The summed E-state index contributed by atoms with van der Waals surface area (Å²) in [5.74, 6) is 0.425. The van der Waals surface area contributed by atoms with E-state index in [1.54, 1.807) is 12.1 Å². The van der Waals surface area contributed by atoms with Crippen molar-refractivity contribution in [2.45, 2.75) is 19.4 Å². The largest absolute Gasteiger partial charge is 0.504 e. The molecule has 0 fully saturated rings. The van der Waals surface area contributed by atoms with Gasteiger partial charge in [-0.1, -0.05) is 31.2 Å². The standard InChI is InChI=1S/C14H13NO2/c1-2-12(9-15)17-14-8-11-6-4-3-5-10(11)7-13(14)16/h3-8,12,16H,2H2,1H3. The highest BCUT2D eigenvalue weighted by Gasteiger charge is 2.10. The van der Waals surface area contributed by atoms with E-state index in [4.69, 9.17) is 10.00 Å². The molecule has 0 saturated carbocycles. The summed E-state index contributed by atoms with van der Waals surface area (Å²) in [4.78, 5) is 0. The maximum Gasteiger partial charge on any atom is 0.184 e. The maximum atomic E-state index is 9.81. The van der Waals surface area contributed by atoms with Gasteiger partial charge in [-0.25, -0.2) is 0 Å². The molecule has 2 rings (SSSR count). The molecule has 0 aromatic heterocycles. The fraction of sp³-hybridized carbons (Fsp3) is 0.214. The topological polar surface area (TPSA) is 53.2 Å². The van der Waals surface area contributed by atoms with Crippen LogP contribution in [0.4, 0.5) is 0 Å². The molecule has 0 spiro atoms. The van der Waals surface area contributed by atoms with Gasteiger partial charge < -0.3 is 9.84 Å². The van der Waals surface area contributed by atoms with Crippen LogP contribution in [0, 0.1) is 11.3 Å². The van der Waals surface area contributed by atoms with Gasteiger partial charge in [0, 0.05) is 0 Å². The second-order valence-electron chi connectivity index (χ2n) is 3.81. The lowest BCUT2D eigenvalue weighted by molar-refractivity contribution is 0.241. The lowest BCUT2D eigenvalue weighted by atomic mass is 10.1. The third kappa shape index (κ3) is 2.31. The molecule has 1 atom stereocenters. The molecule has 0 bridgehead atoms. The molecule has 0 aliphatic rings. The predicted octanol–water partition coefficient (Wildman–Crippen LogP) is 3.23. The number of hydrogen-bond acceptors (Lipinski definition) is 3. The Bertz CT molecular complexity index is 572. The van der Waals surface area contributed by atoms with Crippen LogP contribution >= 0.6 is 0 Å². The van der Waals surface area contributed by atoms with E-state index in [-0.39, 0.29) is 5.75 Å². The SMILES string of the molecule is CCC(C#N)Oc1cc2ccccc2cc1O. The van der Waals surface area contributed by atoms with E-state index in [2.05, 4.69) is 0 Å². The molecule has 2 aromatic carbocycles. The molecule has 0 aliphatic carbocycles. The summed E-state index contributed by atoms with van der Waals surface area (Å²) in [6.07, 6.45) is 0.0602. The average molecular weight is 227 g/mol. The number of phenols is 1. The lowest BCUT2D eigenvalue weighted by Crippen LogP contribution is -2.12. The van der Waals surface area contributed by atoms with Crippen molar-refractivity contribution in [2.24, 2.45) is 0 Å². The monoisotopic (exact) mass is 227 g/mol. The summed E-state index contributed by atoms with van der Waals surface area (Å²) in [5, 5.41) is 20.6. The fourth-order valence-electron chi connectivity index (χ4n) is 1.66. The number of aromatic hydroxyl groups is 1. The Morgan fingerprint density at radius 3 is 2.53 bits per heavy atom. The Morgan fingerprint density at radius 2 is 1.94 bits per heavy atom. The van der Waals surface area contributed by atoms with Gasteiger partial charge in [-0.05, 0) is 29.3 Å². The van der Waals surface area contributed by atoms with Crippen LogP contribution in [0.15, 0.2) is 36.4 Å². The van der Waals surface area contributed by atoms with Crippen LogP contribution in [0.3, 0.4) is 0 Å². The quantitative estimate of drug-likeness (QED) is 0.875. The summed E-state index contributed by atoms with van der Waals surface area (Å²) in [6, 6.07) is 13.1. The van der Waals surface area contributed by atoms with Crippen molar-refractivity contribution in [2.75, 3.05) is 0 Å². The van der Waals surface area contributed by atoms with Crippen LogP contribution in [0.1, 0.15) is 13.3 Å². The van der Waals surface area contributed by atoms with Gasteiger partial charge in [-0.3, -0.25) is 0 Å². The van der Waals surface area contributed by atoms with Gasteiger partial charge in [0.05, 0.1) is 0 Å². The van der Waals surface area contributed by atoms with Crippen LogP contribution in [0.25, 0.3) is 10.8 Å². The minimum Gasteiger partial charge on any atom is -0.504 e. The maximum absolute atomic E-state index is 9.81. The van der Waals surface area contributed by atoms with Crippen molar-refractivity contribution >= 4 is 10.8 Å². The number of fused-ring (bicyclic) bond motifs is 1. The van der Waals surface area contributed by atoms with E-state index < -0.39 is 6.10 Å². The average Bonchev–Trinajstić information content (AvgIpc) is 2.36. The van der Waals surface area contributed by atoms with Crippen molar-refractivity contribution in [1.82, 2.24) is 0 Å². The number of benzene rings is 2. The molecule has 0 radical (unpaired) electrons. The van der Waals surface area contributed by atoms with E-state index in [1.807, 2.05) is 37.3 Å². The first-order valence-corrected chi connectivity index (χ1v) is 5.52. The summed E-state index contributed by atoms with van der Waals surface area (Å²) in [5.41, 5.74) is 0. The molecule has 86 valence electrons. The highest BCUT2D eigenvalue weighted by Crippen LogP contribution is 2.32. The Balaban J connectivity index is 2.41. The summed E-state index contributed by atoms with van der Waals surface area (Å²) >= 11 is 0. The lowest BCUT2D eigenvalue weighted by Gasteiger charge is -2.12. The second-order valence-corrected chi connectivity index (χ2v) is 3.81. The van der Waals surface area contributed by atoms with E-state index in [0.717, 1.165) is 10.8 Å². The Labute approximate surface area is 99.9 Å². The van der Waals surface area contributed by atoms with Gasteiger partial charge in [0.1, 0.15) is 6.07 Å². The van der Waals surface area contributed by atoms with Gasteiger partial charge in [-0.2, -0.15) is 5.26 Å². The van der Waals surface area contributed by atoms with Gasteiger partial charge in [0.25, 0.3) is 0 Å². The molecule has 3 heteroatoms. The zero-order chi connectivity index (χ0) is 12.3. The highest BCUT2D eigenvalue weighted by molar-refractivity contribution is 5.85. The minimum absolute atomic E-state index is 0.0670. The zero-order valence-corrected chi connectivity index (χ0v) is 9.55. The van der Waals surface area contributed by atoms with Crippen molar-refractivity contribution in [1.29, 1.82) is 5.26 Å². The minimum atomic E-state index is -0.526. The first-order chi connectivity index (χ1) is 8.24. The van der Waals surface area contributed by atoms with E-state index >= 15 is 0 Å². The number of nitriles is 1. The third-order valence-electron chi connectivity index (χ3n) is 2.61. The van der Waals surface area contributed by atoms with Gasteiger partial charge in [-0.15, -0.1) is 0 Å². The molecular weight excluding hydrogens is 214 g/mol. The molecular formula is C14H13NO2. The Hall–Kier alpha value is -2.21. The summed E-state index contributed by atoms with van der Waals surface area (Å²) in [7, 11) is 0. The number of ether oxygens (including phenoxy) is 1. The number of rotatable bonds is 3. The molecule has 2 aromatic rings. The summed E-state index contributed by atoms with van der Waals surface area (Å²) < 4.78 is 5.44. The zero-order valence-electron chi connectivity index (χ0n) is 9.55. The van der Waals surface area contributed by atoms with Crippen LogP contribution in [0.2, 0.25) is 0 Å². The van der Waals surface area contributed by atoms with Crippen molar-refractivity contribution in [3.8, 4) is 17.6 Å². The first kappa shape index (κ1) is 11.3. The van der Waals surface area contributed by atoms with Crippen molar-refractivity contribution in [3.63, 3.8) is 0 Å².